The number of nitrogens with zero attached hydrogens (tertiary/aromatic N) is 1. The Hall–Kier alpha value is -2.44. The molecule has 0 saturated carbocycles. The highest BCUT2D eigenvalue weighted by atomic mass is 16.6. The van der Waals surface area contributed by atoms with E-state index in [0.717, 1.165) is 0 Å². The number of nitrogens with two attached hydrogens (primary N) is 1. The van der Waals surface area contributed by atoms with E-state index in [4.69, 9.17) is 15.2 Å². The molecule has 2 rings (SSSR count). The Kier molecular flexibility index (Phi) is 5.21. The van der Waals surface area contributed by atoms with Gasteiger partial charge in [-0.3, -0.25) is 4.79 Å². The van der Waals surface area contributed by atoms with Crippen molar-refractivity contribution in [1.82, 2.24) is 10.2 Å². The summed E-state index contributed by atoms with van der Waals surface area (Å²) in [5.74, 6) is 0.366. The molecule has 1 unspecified atom stereocenters. The number of ether oxygens (including phenoxy) is 2. The van der Waals surface area contributed by atoms with Crippen LogP contribution in [-0.4, -0.2) is 48.7 Å². The molecule has 0 radical (unpaired) electrons. The molecule has 0 aromatic heterocycles. The Morgan fingerprint density at radius 3 is 2.67 bits per heavy atom. The highest BCUT2D eigenvalue weighted by Gasteiger charge is 2.29. The van der Waals surface area contributed by atoms with Crippen LogP contribution in [0.2, 0.25) is 0 Å². The van der Waals surface area contributed by atoms with Gasteiger partial charge in [-0.05, 0) is 45.4 Å². The van der Waals surface area contributed by atoms with Crippen molar-refractivity contribution in [2.24, 2.45) is 0 Å². The van der Waals surface area contributed by atoms with Crippen LogP contribution in [0.5, 0.6) is 5.75 Å². The molecule has 1 heterocycles. The Morgan fingerprint density at radius 1 is 1.33 bits per heavy atom. The minimum atomic E-state index is -0.543. The molecule has 7 nitrogen and oxygen atoms in total. The van der Waals surface area contributed by atoms with E-state index in [1.54, 1.807) is 23.1 Å². The maximum atomic E-state index is 12.6. The number of likely N-dealkylation sites (tertiary alicyclic amines) is 1. The molecule has 2 amide bonds. The molecule has 1 aliphatic heterocycles. The lowest BCUT2D eigenvalue weighted by Gasteiger charge is -2.22. The van der Waals surface area contributed by atoms with Crippen LogP contribution >= 0.6 is 0 Å². The molecule has 3 N–H and O–H groups in total. The molecule has 1 atom stereocenters. The Balaban J connectivity index is 1.95. The second kappa shape index (κ2) is 6.98. The predicted molar refractivity (Wildman–Crippen MR) is 91.1 cm³/mol. The molecule has 1 aliphatic rings. The number of hydrogen-bond donors (Lipinski definition) is 2. The Labute approximate surface area is 142 Å². The number of hydrogen-bond acceptors (Lipinski definition) is 5. The van der Waals surface area contributed by atoms with Crippen LogP contribution in [-0.2, 0) is 4.74 Å². The molecular weight excluding hydrogens is 310 g/mol. The number of rotatable bonds is 3. The van der Waals surface area contributed by atoms with Crippen LogP contribution in [0.1, 0.15) is 37.6 Å². The van der Waals surface area contributed by atoms with Crippen molar-refractivity contribution in [2.45, 2.75) is 38.8 Å². The van der Waals surface area contributed by atoms with Gasteiger partial charge in [0, 0.05) is 18.7 Å². The number of methoxy groups -OCH3 is 1. The first-order valence-electron chi connectivity index (χ1n) is 7.92. The molecule has 1 saturated heterocycles. The van der Waals surface area contributed by atoms with Gasteiger partial charge in [-0.2, -0.15) is 0 Å². The summed E-state index contributed by atoms with van der Waals surface area (Å²) in [6.07, 6.45) is 0.229. The standard InChI is InChI=1S/C17H25N3O4/c1-17(2,3)24-16(22)19-12-7-8-20(10-12)15(21)11-5-6-13(18)14(9-11)23-4/h5-6,9,12H,7-8,10,18H2,1-4H3,(H,19,22). The van der Waals surface area contributed by atoms with Crippen molar-refractivity contribution in [3.8, 4) is 5.75 Å². The number of alkyl carbamates (subject to hydrolysis) is 1. The minimum absolute atomic E-state index is 0.109. The van der Waals surface area contributed by atoms with E-state index < -0.39 is 11.7 Å². The zero-order valence-electron chi connectivity index (χ0n) is 14.6. The number of benzene rings is 1. The van der Waals surface area contributed by atoms with Crippen LogP contribution in [0.15, 0.2) is 18.2 Å². The second-order valence-electron chi connectivity index (χ2n) is 6.84. The van der Waals surface area contributed by atoms with E-state index in [-0.39, 0.29) is 11.9 Å². The van der Waals surface area contributed by atoms with Gasteiger partial charge >= 0.3 is 6.09 Å². The normalized spacial score (nSPS) is 17.5. The lowest BCUT2D eigenvalue weighted by atomic mass is 10.1. The van der Waals surface area contributed by atoms with E-state index in [1.165, 1.54) is 7.11 Å². The molecule has 132 valence electrons. The first-order valence-corrected chi connectivity index (χ1v) is 7.92. The summed E-state index contributed by atoms with van der Waals surface area (Å²) in [6, 6.07) is 4.85. The zero-order valence-corrected chi connectivity index (χ0v) is 14.6. The molecule has 0 spiro atoms. The second-order valence-corrected chi connectivity index (χ2v) is 6.84. The number of nitrogen functional groups attached to an aromatic ring is 1. The van der Waals surface area contributed by atoms with Crippen molar-refractivity contribution >= 4 is 17.7 Å². The third-order valence-electron chi connectivity index (χ3n) is 3.68. The monoisotopic (exact) mass is 335 g/mol. The van der Waals surface area contributed by atoms with Crippen molar-refractivity contribution < 1.29 is 19.1 Å². The maximum absolute atomic E-state index is 12.6. The maximum Gasteiger partial charge on any atom is 0.407 e. The van der Waals surface area contributed by atoms with E-state index >= 15 is 0 Å². The Morgan fingerprint density at radius 2 is 2.04 bits per heavy atom. The summed E-state index contributed by atoms with van der Waals surface area (Å²) in [7, 11) is 1.51. The lowest BCUT2D eigenvalue weighted by molar-refractivity contribution is 0.0502. The summed E-state index contributed by atoms with van der Waals surface area (Å²) >= 11 is 0. The number of amides is 2. The highest BCUT2D eigenvalue weighted by Crippen LogP contribution is 2.24. The smallest absolute Gasteiger partial charge is 0.407 e. The molecule has 24 heavy (non-hydrogen) atoms. The van der Waals surface area contributed by atoms with Gasteiger partial charge in [0.1, 0.15) is 11.4 Å². The molecule has 7 heteroatoms. The molecular formula is C17H25N3O4. The average molecular weight is 335 g/mol. The number of carbonyl (C=O) groups excluding carboxylic acids is 2. The lowest BCUT2D eigenvalue weighted by Crippen LogP contribution is -2.41. The van der Waals surface area contributed by atoms with Crippen LogP contribution < -0.4 is 15.8 Å². The largest absolute Gasteiger partial charge is 0.495 e. The number of carbonyl (C=O) groups is 2. The first kappa shape index (κ1) is 17.9. The molecule has 0 aliphatic carbocycles. The molecule has 1 aromatic rings. The van der Waals surface area contributed by atoms with E-state index in [9.17, 15) is 9.59 Å². The van der Waals surface area contributed by atoms with Gasteiger partial charge < -0.3 is 25.4 Å². The summed E-state index contributed by atoms with van der Waals surface area (Å²) in [6.45, 7) is 6.46. The zero-order chi connectivity index (χ0) is 17.9. The van der Waals surface area contributed by atoms with Gasteiger partial charge in [0.05, 0.1) is 18.8 Å². The van der Waals surface area contributed by atoms with Crippen molar-refractivity contribution in [2.75, 3.05) is 25.9 Å². The van der Waals surface area contributed by atoms with E-state index in [2.05, 4.69) is 5.32 Å². The summed E-state index contributed by atoms with van der Waals surface area (Å²) in [5.41, 5.74) is 6.23. The van der Waals surface area contributed by atoms with Crippen LogP contribution in [0.4, 0.5) is 10.5 Å². The van der Waals surface area contributed by atoms with E-state index in [1.807, 2.05) is 20.8 Å². The van der Waals surface area contributed by atoms with Crippen LogP contribution in [0.3, 0.4) is 0 Å². The summed E-state index contributed by atoms with van der Waals surface area (Å²) < 4.78 is 10.4. The predicted octanol–water partition coefficient (Wildman–Crippen LogP) is 2.02. The quantitative estimate of drug-likeness (QED) is 0.824. The van der Waals surface area contributed by atoms with Crippen molar-refractivity contribution in [1.29, 1.82) is 0 Å². The number of anilines is 1. The van der Waals surface area contributed by atoms with E-state index in [0.29, 0.717) is 36.5 Å². The van der Waals surface area contributed by atoms with Gasteiger partial charge in [-0.1, -0.05) is 0 Å². The number of nitrogens with one attached hydrogen (secondary N) is 1. The average Bonchev–Trinajstić information content (AvgIpc) is 2.93. The SMILES string of the molecule is COc1cc(C(=O)N2CCC(NC(=O)OC(C)(C)C)C2)ccc1N. The third kappa shape index (κ3) is 4.53. The van der Waals surface area contributed by atoms with Gasteiger partial charge in [0.25, 0.3) is 5.91 Å². The van der Waals surface area contributed by atoms with Gasteiger partial charge in [-0.15, -0.1) is 0 Å². The van der Waals surface area contributed by atoms with Gasteiger partial charge in [-0.25, -0.2) is 4.79 Å². The first-order chi connectivity index (χ1) is 11.2. The summed E-state index contributed by atoms with van der Waals surface area (Å²) in [5, 5.41) is 2.80. The Bertz CT molecular complexity index is 625. The fourth-order valence-electron chi connectivity index (χ4n) is 2.56. The third-order valence-corrected chi connectivity index (χ3v) is 3.68. The van der Waals surface area contributed by atoms with Gasteiger partial charge in [0.2, 0.25) is 0 Å². The molecule has 1 aromatic carbocycles. The van der Waals surface area contributed by atoms with Crippen LogP contribution in [0.25, 0.3) is 0 Å². The van der Waals surface area contributed by atoms with Crippen LogP contribution in [0, 0.1) is 0 Å². The minimum Gasteiger partial charge on any atom is -0.495 e. The molecule has 0 bridgehead atoms. The highest BCUT2D eigenvalue weighted by molar-refractivity contribution is 5.95. The van der Waals surface area contributed by atoms with Crippen molar-refractivity contribution in [3.63, 3.8) is 0 Å². The topological polar surface area (TPSA) is 93.9 Å². The fraction of sp³-hybridized carbons (Fsp3) is 0.529. The molecule has 1 fully saturated rings. The van der Waals surface area contributed by atoms with Gasteiger partial charge in [0.15, 0.2) is 0 Å². The fourth-order valence-corrected chi connectivity index (χ4v) is 2.56. The van der Waals surface area contributed by atoms with Crippen molar-refractivity contribution in [3.05, 3.63) is 23.8 Å². The summed E-state index contributed by atoms with van der Waals surface area (Å²) in [4.78, 5) is 26.1.